The Hall–Kier alpha value is -2.52. The number of hydrogen-bond donors (Lipinski definition) is 4. The fourth-order valence-electron chi connectivity index (χ4n) is 1.31. The maximum Gasteiger partial charge on any atom is 0.339 e. The Balaban J connectivity index is -0.000000143. The van der Waals surface area contributed by atoms with Crippen LogP contribution in [0.25, 0.3) is 0 Å². The first kappa shape index (κ1) is 29.5. The minimum atomic E-state index is -1.11. The van der Waals surface area contributed by atoms with Crippen LogP contribution in [-0.2, 0) is 19.5 Å². The second kappa shape index (κ2) is 14.1. The van der Waals surface area contributed by atoms with E-state index in [0.717, 1.165) is 0 Å². The first-order chi connectivity index (χ1) is 9.43. The minimum absolute atomic E-state index is 0. The van der Waals surface area contributed by atoms with E-state index < -0.39 is 11.9 Å². The molecule has 0 spiro atoms. The van der Waals surface area contributed by atoms with E-state index in [2.05, 4.69) is 0 Å². The summed E-state index contributed by atoms with van der Waals surface area (Å²) in [7, 11) is 0. The van der Waals surface area contributed by atoms with Crippen molar-refractivity contribution in [1.82, 2.24) is 0 Å². The van der Waals surface area contributed by atoms with E-state index in [1.807, 2.05) is 0 Å². The molecule has 0 fully saturated rings. The molecule has 2 rings (SSSR count). The zero-order valence-corrected chi connectivity index (χ0v) is 15.4. The summed E-state index contributed by atoms with van der Waals surface area (Å²) in [5.74, 6) is -2.62. The summed E-state index contributed by atoms with van der Waals surface area (Å²) in [5.41, 5.74) is -0.134. The standard InChI is InChI=1S/2C7H6O3.3H2O.Zn/c2*8-6-4-2-1-3-5(6)7(9)10;;;;/h2*1-4,8H,(H,9,10);3*1H2;. The quantitative estimate of drug-likeness (QED) is 0.501. The predicted octanol–water partition coefficient (Wildman–Crippen LogP) is -0.296. The van der Waals surface area contributed by atoms with Crippen LogP contribution < -0.4 is 0 Å². The average Bonchev–Trinajstić information content (AvgIpc) is 2.40. The first-order valence-corrected chi connectivity index (χ1v) is 5.46. The monoisotopic (exact) mass is 394 g/mol. The van der Waals surface area contributed by atoms with Crippen molar-refractivity contribution in [3.05, 3.63) is 59.7 Å². The molecule has 0 heterocycles. The van der Waals surface area contributed by atoms with Crippen LogP contribution in [0.15, 0.2) is 48.5 Å². The maximum absolute atomic E-state index is 10.3. The molecule has 0 bridgehead atoms. The van der Waals surface area contributed by atoms with Gasteiger partial charge in [-0.25, -0.2) is 9.59 Å². The molecule has 0 aliphatic rings. The Morgan fingerprint density at radius 2 is 0.875 bits per heavy atom. The van der Waals surface area contributed by atoms with E-state index in [0.29, 0.717) is 0 Å². The summed E-state index contributed by atoms with van der Waals surface area (Å²) in [4.78, 5) is 20.5. The van der Waals surface area contributed by atoms with E-state index in [9.17, 15) is 9.59 Å². The molecule has 10 N–H and O–H groups in total. The Kier molecular flexibility index (Phi) is 17.3. The predicted molar refractivity (Wildman–Crippen MR) is 81.0 cm³/mol. The van der Waals surface area contributed by atoms with Crippen LogP contribution in [0.1, 0.15) is 20.7 Å². The molecule has 0 atom stereocenters. The molecule has 0 saturated heterocycles. The van der Waals surface area contributed by atoms with Gasteiger partial charge in [-0.1, -0.05) is 24.3 Å². The van der Waals surface area contributed by atoms with Crippen LogP contribution in [0.4, 0.5) is 0 Å². The number of aromatic carboxylic acids is 2. The molecule has 9 nitrogen and oxygen atoms in total. The van der Waals surface area contributed by atoms with E-state index in [1.54, 1.807) is 24.3 Å². The van der Waals surface area contributed by atoms with Gasteiger partial charge in [-0.15, -0.1) is 0 Å². The summed E-state index contributed by atoms with van der Waals surface area (Å²) < 4.78 is 0. The van der Waals surface area contributed by atoms with Crippen LogP contribution in [0.3, 0.4) is 0 Å². The molecule has 2 aromatic carbocycles. The van der Waals surface area contributed by atoms with Crippen LogP contribution in [0.5, 0.6) is 11.5 Å². The fourth-order valence-corrected chi connectivity index (χ4v) is 1.31. The topological polar surface area (TPSA) is 210 Å². The molecular weight excluding hydrogens is 378 g/mol. The largest absolute Gasteiger partial charge is 0.507 e. The van der Waals surface area contributed by atoms with Crippen molar-refractivity contribution in [3.63, 3.8) is 0 Å². The van der Waals surface area contributed by atoms with Gasteiger partial charge in [0.25, 0.3) is 0 Å². The molecule has 24 heavy (non-hydrogen) atoms. The zero-order chi connectivity index (χ0) is 15.1. The summed E-state index contributed by atoms with van der Waals surface area (Å²) in [5, 5.41) is 34.6. The summed E-state index contributed by atoms with van der Waals surface area (Å²) >= 11 is 0. The number of carboxylic acids is 2. The van der Waals surface area contributed by atoms with Gasteiger partial charge in [-0.2, -0.15) is 0 Å². The number of rotatable bonds is 2. The first-order valence-electron chi connectivity index (χ1n) is 5.46. The second-order valence-corrected chi connectivity index (χ2v) is 3.64. The molecule has 2 aromatic rings. The Bertz CT molecular complexity index is 576. The van der Waals surface area contributed by atoms with Gasteiger partial charge in [0.1, 0.15) is 22.6 Å². The average molecular weight is 396 g/mol. The molecule has 10 heteroatoms. The van der Waals surface area contributed by atoms with Crippen molar-refractivity contribution in [2.45, 2.75) is 0 Å². The van der Waals surface area contributed by atoms with Crippen LogP contribution in [0, 0.1) is 0 Å². The number of benzene rings is 2. The molecule has 0 aliphatic heterocycles. The van der Waals surface area contributed by atoms with Crippen LogP contribution in [0.2, 0.25) is 0 Å². The summed E-state index contributed by atoms with van der Waals surface area (Å²) in [6.07, 6.45) is 0. The van der Waals surface area contributed by atoms with Gasteiger partial charge >= 0.3 is 11.9 Å². The summed E-state index contributed by atoms with van der Waals surface area (Å²) in [6.45, 7) is 0. The van der Waals surface area contributed by atoms with Crippen molar-refractivity contribution in [2.24, 2.45) is 0 Å². The molecule has 0 amide bonds. The van der Waals surface area contributed by atoms with Crippen molar-refractivity contribution >= 4 is 11.9 Å². The van der Waals surface area contributed by atoms with Crippen molar-refractivity contribution in [2.75, 3.05) is 0 Å². The third-order valence-electron chi connectivity index (χ3n) is 2.27. The van der Waals surface area contributed by atoms with Gasteiger partial charge in [0, 0.05) is 19.5 Å². The molecule has 0 unspecified atom stereocenters. The van der Waals surface area contributed by atoms with E-state index in [-0.39, 0.29) is 58.5 Å². The van der Waals surface area contributed by atoms with E-state index in [4.69, 9.17) is 20.4 Å². The molecule has 0 saturated carbocycles. The van der Waals surface area contributed by atoms with Crippen molar-refractivity contribution in [3.8, 4) is 11.5 Å². The zero-order valence-electron chi connectivity index (χ0n) is 12.4. The van der Waals surface area contributed by atoms with E-state index >= 15 is 0 Å². The van der Waals surface area contributed by atoms with Gasteiger partial charge in [-0.05, 0) is 24.3 Å². The molecule has 0 aromatic heterocycles. The Morgan fingerprint density at radius 1 is 0.625 bits per heavy atom. The smallest absolute Gasteiger partial charge is 0.339 e. The number of carbonyl (C=O) groups is 2. The Labute approximate surface area is 149 Å². The van der Waals surface area contributed by atoms with Gasteiger partial charge in [0.2, 0.25) is 0 Å². The van der Waals surface area contributed by atoms with Crippen molar-refractivity contribution in [1.29, 1.82) is 0 Å². The van der Waals surface area contributed by atoms with Gasteiger partial charge in [0.05, 0.1) is 0 Å². The minimum Gasteiger partial charge on any atom is -0.507 e. The number of para-hydroxylation sites is 2. The van der Waals surface area contributed by atoms with Gasteiger partial charge < -0.3 is 36.9 Å². The second-order valence-electron chi connectivity index (χ2n) is 3.64. The van der Waals surface area contributed by atoms with Gasteiger partial charge in [-0.3, -0.25) is 0 Å². The summed E-state index contributed by atoms with van der Waals surface area (Å²) in [6, 6.07) is 11.6. The molecule has 130 valence electrons. The van der Waals surface area contributed by atoms with Crippen LogP contribution in [-0.4, -0.2) is 48.8 Å². The van der Waals surface area contributed by atoms with Crippen LogP contribution >= 0.6 is 0 Å². The Morgan fingerprint density at radius 3 is 1.04 bits per heavy atom. The molecule has 0 aliphatic carbocycles. The SMILES string of the molecule is O.O.O.O=C(O)c1ccccc1O.O=C(O)c1ccccc1O.[Zn]. The number of phenols is 2. The molecule has 0 radical (unpaired) electrons. The molecular formula is C14H18O9Zn. The number of carboxylic acid groups (broad SMARTS) is 2. The normalized spacial score (nSPS) is 7.67. The fraction of sp³-hybridized carbons (Fsp3) is 0. The third kappa shape index (κ3) is 8.81. The van der Waals surface area contributed by atoms with Gasteiger partial charge in [0.15, 0.2) is 0 Å². The van der Waals surface area contributed by atoms with E-state index in [1.165, 1.54) is 24.3 Å². The van der Waals surface area contributed by atoms with Crippen molar-refractivity contribution < 1.29 is 65.9 Å². The third-order valence-corrected chi connectivity index (χ3v) is 2.27. The maximum atomic E-state index is 10.3. The number of hydrogen-bond acceptors (Lipinski definition) is 4. The number of aromatic hydroxyl groups is 2.